The van der Waals surface area contributed by atoms with E-state index in [0.717, 1.165) is 17.7 Å². The summed E-state index contributed by atoms with van der Waals surface area (Å²) in [6.45, 7) is 1.82. The first-order valence-corrected chi connectivity index (χ1v) is 7.56. The number of rotatable bonds is 3. The number of fused-ring (bicyclic) bond motifs is 1. The second-order valence-electron chi connectivity index (χ2n) is 5.34. The molecule has 25 heavy (non-hydrogen) atoms. The Morgan fingerprint density at radius 2 is 2.08 bits per heavy atom. The Kier molecular flexibility index (Phi) is 4.24. The number of benzene rings is 1. The maximum absolute atomic E-state index is 12.2. The van der Waals surface area contributed by atoms with Crippen LogP contribution in [0.5, 0.6) is 5.75 Å². The normalized spacial score (nSPS) is 11.7. The Morgan fingerprint density at radius 1 is 1.32 bits per heavy atom. The Balaban J connectivity index is 2.11. The predicted octanol–water partition coefficient (Wildman–Crippen LogP) is 2.72. The van der Waals surface area contributed by atoms with Gasteiger partial charge in [-0.1, -0.05) is 29.8 Å². The molecule has 0 aliphatic rings. The maximum Gasteiger partial charge on any atom is 0.262 e. The standard InChI is InChI=1S/C17H12ClN3O4/c1-10-3-2-6-20-16(23)9-13(19-17(10)20)12(18)7-11-4-5-15(22)14(8-11)21(24)25/h2-9,22H,1H3/p-1/b12-7-. The van der Waals surface area contributed by atoms with Crippen LogP contribution in [-0.4, -0.2) is 14.3 Å². The van der Waals surface area contributed by atoms with Crippen molar-refractivity contribution < 1.29 is 10.0 Å². The van der Waals surface area contributed by atoms with Crippen LogP contribution < -0.4 is 10.7 Å². The molecular formula is C17H11ClN3O4-. The number of nitrogens with zero attached hydrogens (tertiary/aromatic N) is 3. The molecule has 2 heterocycles. The smallest absolute Gasteiger partial charge is 0.262 e. The number of pyridine rings is 1. The van der Waals surface area contributed by atoms with Gasteiger partial charge >= 0.3 is 0 Å². The van der Waals surface area contributed by atoms with Gasteiger partial charge in [-0.05, 0) is 35.9 Å². The number of hydrogen-bond donors (Lipinski definition) is 0. The quantitative estimate of drug-likeness (QED) is 0.530. The fraction of sp³-hybridized carbons (Fsp3) is 0.0588. The second-order valence-corrected chi connectivity index (χ2v) is 5.75. The van der Waals surface area contributed by atoms with E-state index >= 15 is 0 Å². The summed E-state index contributed by atoms with van der Waals surface area (Å²) in [5, 5.41) is 22.4. The summed E-state index contributed by atoms with van der Waals surface area (Å²) in [7, 11) is 0. The van der Waals surface area contributed by atoms with Gasteiger partial charge in [0.2, 0.25) is 0 Å². The summed E-state index contributed by atoms with van der Waals surface area (Å²) in [4.78, 5) is 26.7. The molecule has 0 saturated carbocycles. The molecular weight excluding hydrogens is 346 g/mol. The molecule has 0 bridgehead atoms. The lowest BCUT2D eigenvalue weighted by atomic mass is 10.1. The van der Waals surface area contributed by atoms with Gasteiger partial charge in [0.1, 0.15) is 5.65 Å². The molecule has 0 aliphatic carbocycles. The number of halogens is 1. The summed E-state index contributed by atoms with van der Waals surface area (Å²) in [6.07, 6.45) is 3.03. The van der Waals surface area contributed by atoms with Crippen molar-refractivity contribution in [2.45, 2.75) is 6.92 Å². The highest BCUT2D eigenvalue weighted by atomic mass is 35.5. The monoisotopic (exact) mass is 356 g/mol. The van der Waals surface area contributed by atoms with Crippen molar-refractivity contribution >= 4 is 34.0 Å². The van der Waals surface area contributed by atoms with Gasteiger partial charge in [0.05, 0.1) is 15.6 Å². The molecule has 0 aliphatic heterocycles. The lowest BCUT2D eigenvalue weighted by Crippen LogP contribution is -2.15. The third kappa shape index (κ3) is 3.22. The summed E-state index contributed by atoms with van der Waals surface area (Å²) in [5.74, 6) is -0.684. The minimum atomic E-state index is -0.752. The van der Waals surface area contributed by atoms with Crippen molar-refractivity contribution in [3.63, 3.8) is 0 Å². The fourth-order valence-electron chi connectivity index (χ4n) is 2.37. The van der Waals surface area contributed by atoms with Crippen LogP contribution in [-0.2, 0) is 0 Å². The molecule has 0 saturated heterocycles. The average Bonchev–Trinajstić information content (AvgIpc) is 2.57. The molecule has 0 N–H and O–H groups in total. The van der Waals surface area contributed by atoms with Crippen molar-refractivity contribution in [1.82, 2.24) is 9.38 Å². The van der Waals surface area contributed by atoms with E-state index in [0.29, 0.717) is 11.2 Å². The molecule has 0 fully saturated rings. The fourth-order valence-corrected chi connectivity index (χ4v) is 2.59. The van der Waals surface area contributed by atoms with Crippen molar-refractivity contribution in [1.29, 1.82) is 0 Å². The zero-order valence-electron chi connectivity index (χ0n) is 13.0. The zero-order valence-corrected chi connectivity index (χ0v) is 13.7. The van der Waals surface area contributed by atoms with Gasteiger partial charge in [0.15, 0.2) is 0 Å². The highest BCUT2D eigenvalue weighted by Crippen LogP contribution is 2.27. The van der Waals surface area contributed by atoms with Crippen LogP contribution in [0.25, 0.3) is 16.8 Å². The van der Waals surface area contributed by atoms with Gasteiger partial charge in [0.25, 0.3) is 11.2 Å². The first-order valence-electron chi connectivity index (χ1n) is 7.19. The molecule has 3 aromatic rings. The van der Waals surface area contributed by atoms with E-state index in [4.69, 9.17) is 11.6 Å². The van der Waals surface area contributed by atoms with E-state index in [1.807, 2.05) is 13.0 Å². The molecule has 8 heteroatoms. The summed E-state index contributed by atoms with van der Waals surface area (Å²) >= 11 is 6.24. The number of aromatic nitrogens is 2. The van der Waals surface area contributed by atoms with E-state index in [1.54, 1.807) is 12.3 Å². The molecule has 0 amide bonds. The van der Waals surface area contributed by atoms with Crippen molar-refractivity contribution in [2.24, 2.45) is 0 Å². The first-order chi connectivity index (χ1) is 11.9. The Bertz CT molecular complexity index is 1090. The van der Waals surface area contributed by atoms with Gasteiger partial charge in [0, 0.05) is 18.3 Å². The lowest BCUT2D eigenvalue weighted by Gasteiger charge is -2.07. The molecule has 7 nitrogen and oxygen atoms in total. The van der Waals surface area contributed by atoms with Crippen molar-refractivity contribution in [3.8, 4) is 5.75 Å². The summed E-state index contributed by atoms with van der Waals surface area (Å²) in [6, 6.07) is 8.48. The van der Waals surface area contributed by atoms with Crippen LogP contribution in [0, 0.1) is 17.0 Å². The zero-order chi connectivity index (χ0) is 18.1. The number of hydrogen-bond acceptors (Lipinski definition) is 5. The van der Waals surface area contributed by atoms with Gasteiger partial charge in [-0.15, -0.1) is 0 Å². The number of nitro benzene ring substituents is 1. The Labute approximate surface area is 146 Å². The predicted molar refractivity (Wildman–Crippen MR) is 92.5 cm³/mol. The topological polar surface area (TPSA) is 101 Å². The largest absolute Gasteiger partial charge is 0.868 e. The van der Waals surface area contributed by atoms with Crippen LogP contribution in [0.15, 0.2) is 47.4 Å². The molecule has 0 unspecified atom stereocenters. The first kappa shape index (κ1) is 16.7. The molecule has 3 rings (SSSR count). The molecule has 0 spiro atoms. The van der Waals surface area contributed by atoms with Crippen LogP contribution in [0.2, 0.25) is 0 Å². The molecule has 126 valence electrons. The Hall–Kier alpha value is -3.19. The maximum atomic E-state index is 12.2. The van der Waals surface area contributed by atoms with E-state index < -0.39 is 16.4 Å². The molecule has 1 aromatic carbocycles. The summed E-state index contributed by atoms with van der Waals surface area (Å²) < 4.78 is 1.40. The highest BCUT2D eigenvalue weighted by Gasteiger charge is 2.10. The minimum absolute atomic E-state index is 0.135. The van der Waals surface area contributed by atoms with Crippen molar-refractivity contribution in [2.75, 3.05) is 0 Å². The van der Waals surface area contributed by atoms with E-state index in [-0.39, 0.29) is 16.3 Å². The number of nitro groups is 1. The second kappa shape index (κ2) is 6.37. The highest BCUT2D eigenvalue weighted by molar-refractivity contribution is 6.51. The summed E-state index contributed by atoms with van der Waals surface area (Å²) in [5.41, 5.74) is 1.05. The average molecular weight is 357 g/mol. The minimum Gasteiger partial charge on any atom is -0.868 e. The molecule has 0 radical (unpaired) electrons. The van der Waals surface area contributed by atoms with Gasteiger partial charge in [-0.3, -0.25) is 19.3 Å². The third-order valence-electron chi connectivity index (χ3n) is 3.60. The van der Waals surface area contributed by atoms with Crippen LogP contribution in [0.3, 0.4) is 0 Å². The molecule has 2 aromatic heterocycles. The Morgan fingerprint density at radius 3 is 2.80 bits per heavy atom. The van der Waals surface area contributed by atoms with Crippen molar-refractivity contribution in [3.05, 3.63) is 79.9 Å². The van der Waals surface area contributed by atoms with Crippen LogP contribution >= 0.6 is 11.6 Å². The van der Waals surface area contributed by atoms with E-state index in [1.165, 1.54) is 22.6 Å². The SMILES string of the molecule is Cc1cccn2c(=O)cc(/C(Cl)=C/c3ccc([O-])c([N+](=O)[O-])c3)nc12. The van der Waals surface area contributed by atoms with Crippen LogP contribution in [0.1, 0.15) is 16.8 Å². The van der Waals surface area contributed by atoms with E-state index in [2.05, 4.69) is 4.98 Å². The van der Waals surface area contributed by atoms with Gasteiger partial charge in [-0.2, -0.15) is 0 Å². The number of aryl methyl sites for hydroxylation is 1. The third-order valence-corrected chi connectivity index (χ3v) is 3.91. The van der Waals surface area contributed by atoms with Gasteiger partial charge in [-0.25, -0.2) is 4.98 Å². The van der Waals surface area contributed by atoms with Crippen LogP contribution in [0.4, 0.5) is 5.69 Å². The van der Waals surface area contributed by atoms with E-state index in [9.17, 15) is 20.0 Å². The lowest BCUT2D eigenvalue weighted by molar-refractivity contribution is -0.398. The van der Waals surface area contributed by atoms with Gasteiger partial charge < -0.3 is 5.11 Å². The molecule has 0 atom stereocenters.